The van der Waals surface area contributed by atoms with Crippen LogP contribution in [0.2, 0.25) is 0 Å². The van der Waals surface area contributed by atoms with Gasteiger partial charge in [-0.2, -0.15) is 0 Å². The molecule has 2 N–H and O–H groups in total. The zero-order valence-corrected chi connectivity index (χ0v) is 13.7. The maximum atomic E-state index is 12.4. The summed E-state index contributed by atoms with van der Waals surface area (Å²) in [5.41, 5.74) is 2.16. The van der Waals surface area contributed by atoms with E-state index < -0.39 is 0 Å². The van der Waals surface area contributed by atoms with Crippen LogP contribution in [-0.4, -0.2) is 30.6 Å². The standard InChI is InChI=1S/C19H23N3O2/c23-19(17-8-12-24-18-7-2-1-6-16(17)18)22-11-4-10-21-14-15-5-3-9-20-13-15/h1-3,5-7,9,13,17,21H,4,8,10-12,14H2,(H,22,23). The first kappa shape index (κ1) is 16.5. The molecule has 0 radical (unpaired) electrons. The monoisotopic (exact) mass is 325 g/mol. The summed E-state index contributed by atoms with van der Waals surface area (Å²) in [5, 5.41) is 6.40. The van der Waals surface area contributed by atoms with Gasteiger partial charge in [0.1, 0.15) is 5.75 Å². The minimum absolute atomic E-state index is 0.0954. The summed E-state index contributed by atoms with van der Waals surface area (Å²) in [6.07, 6.45) is 5.27. The van der Waals surface area contributed by atoms with E-state index in [0.717, 1.165) is 37.2 Å². The van der Waals surface area contributed by atoms with E-state index in [-0.39, 0.29) is 11.8 Å². The number of ether oxygens (including phenoxy) is 1. The smallest absolute Gasteiger partial charge is 0.227 e. The number of hydrogen-bond acceptors (Lipinski definition) is 4. The fraction of sp³-hybridized carbons (Fsp3) is 0.368. The van der Waals surface area contributed by atoms with E-state index >= 15 is 0 Å². The number of carbonyl (C=O) groups excluding carboxylic acids is 1. The van der Waals surface area contributed by atoms with Gasteiger partial charge in [-0.15, -0.1) is 0 Å². The summed E-state index contributed by atoms with van der Waals surface area (Å²) in [5.74, 6) is 0.832. The lowest BCUT2D eigenvalue weighted by atomic mass is 9.92. The lowest BCUT2D eigenvalue weighted by Crippen LogP contribution is -2.34. The number of benzene rings is 1. The number of pyridine rings is 1. The van der Waals surface area contributed by atoms with Gasteiger partial charge in [-0.05, 0) is 37.1 Å². The van der Waals surface area contributed by atoms with Gasteiger partial charge in [0, 0.05) is 31.0 Å². The van der Waals surface area contributed by atoms with Gasteiger partial charge in [0.25, 0.3) is 0 Å². The fourth-order valence-electron chi connectivity index (χ4n) is 2.90. The number of carbonyl (C=O) groups is 1. The third-order valence-electron chi connectivity index (χ3n) is 4.16. The Morgan fingerprint density at radius 1 is 1.21 bits per heavy atom. The highest BCUT2D eigenvalue weighted by Crippen LogP contribution is 2.33. The molecule has 2 aromatic rings. The molecule has 1 unspecified atom stereocenters. The second kappa shape index (κ2) is 8.45. The maximum Gasteiger partial charge on any atom is 0.227 e. The second-order valence-electron chi connectivity index (χ2n) is 5.91. The first-order valence-corrected chi connectivity index (χ1v) is 8.43. The molecule has 5 nitrogen and oxygen atoms in total. The summed E-state index contributed by atoms with van der Waals surface area (Å²) in [7, 11) is 0. The normalized spacial score (nSPS) is 16.1. The largest absolute Gasteiger partial charge is 0.493 e. The Labute approximate surface area is 142 Å². The molecule has 5 heteroatoms. The predicted molar refractivity (Wildman–Crippen MR) is 92.9 cm³/mol. The summed E-state index contributed by atoms with van der Waals surface area (Å²) in [4.78, 5) is 16.5. The predicted octanol–water partition coefficient (Wildman–Crippen LogP) is 2.24. The van der Waals surface area contributed by atoms with E-state index in [0.29, 0.717) is 13.2 Å². The molecule has 0 saturated carbocycles. The minimum Gasteiger partial charge on any atom is -0.493 e. The molecule has 3 rings (SSSR count). The minimum atomic E-state index is -0.0988. The van der Waals surface area contributed by atoms with Crippen molar-refractivity contribution in [3.63, 3.8) is 0 Å². The highest BCUT2D eigenvalue weighted by molar-refractivity contribution is 5.84. The third kappa shape index (κ3) is 4.32. The topological polar surface area (TPSA) is 63.2 Å². The molecule has 1 atom stereocenters. The van der Waals surface area contributed by atoms with Gasteiger partial charge in [-0.25, -0.2) is 0 Å². The van der Waals surface area contributed by atoms with Crippen molar-refractivity contribution in [2.24, 2.45) is 0 Å². The van der Waals surface area contributed by atoms with Crippen LogP contribution >= 0.6 is 0 Å². The maximum absolute atomic E-state index is 12.4. The van der Waals surface area contributed by atoms with Crippen molar-refractivity contribution in [1.29, 1.82) is 0 Å². The van der Waals surface area contributed by atoms with Crippen LogP contribution in [-0.2, 0) is 11.3 Å². The molecule has 1 aromatic carbocycles. The van der Waals surface area contributed by atoms with E-state index in [9.17, 15) is 4.79 Å². The quantitative estimate of drug-likeness (QED) is 0.767. The van der Waals surface area contributed by atoms with Crippen molar-refractivity contribution in [2.45, 2.75) is 25.3 Å². The Kier molecular flexibility index (Phi) is 5.80. The van der Waals surface area contributed by atoms with Crippen LogP contribution in [0.3, 0.4) is 0 Å². The van der Waals surface area contributed by atoms with Crippen molar-refractivity contribution in [3.05, 3.63) is 59.9 Å². The number of aromatic nitrogens is 1. The molecular formula is C19H23N3O2. The molecule has 24 heavy (non-hydrogen) atoms. The van der Waals surface area contributed by atoms with Crippen LogP contribution in [0.1, 0.15) is 29.9 Å². The second-order valence-corrected chi connectivity index (χ2v) is 5.91. The average molecular weight is 325 g/mol. The van der Waals surface area contributed by atoms with Crippen LogP contribution < -0.4 is 15.4 Å². The number of rotatable bonds is 7. The fourth-order valence-corrected chi connectivity index (χ4v) is 2.90. The molecule has 0 saturated heterocycles. The molecule has 0 aliphatic carbocycles. The molecular weight excluding hydrogens is 302 g/mol. The van der Waals surface area contributed by atoms with Gasteiger partial charge < -0.3 is 15.4 Å². The Morgan fingerprint density at radius 3 is 3.00 bits per heavy atom. The third-order valence-corrected chi connectivity index (χ3v) is 4.16. The molecule has 126 valence electrons. The van der Waals surface area contributed by atoms with Crippen LogP contribution in [0, 0.1) is 0 Å². The molecule has 1 aliphatic heterocycles. The van der Waals surface area contributed by atoms with Gasteiger partial charge >= 0.3 is 0 Å². The van der Waals surface area contributed by atoms with Crippen LogP contribution in [0.4, 0.5) is 0 Å². The van der Waals surface area contributed by atoms with Gasteiger partial charge in [-0.1, -0.05) is 24.3 Å². The first-order chi connectivity index (χ1) is 11.8. The van der Waals surface area contributed by atoms with Crippen molar-refractivity contribution in [1.82, 2.24) is 15.6 Å². The Hall–Kier alpha value is -2.40. The summed E-state index contributed by atoms with van der Waals surface area (Å²) < 4.78 is 5.61. The van der Waals surface area contributed by atoms with Crippen molar-refractivity contribution >= 4 is 5.91 Å². The number of para-hydroxylation sites is 1. The summed E-state index contributed by atoms with van der Waals surface area (Å²) >= 11 is 0. The van der Waals surface area contributed by atoms with Gasteiger partial charge in [0.15, 0.2) is 0 Å². The zero-order valence-electron chi connectivity index (χ0n) is 13.7. The number of nitrogens with zero attached hydrogens (tertiary/aromatic N) is 1. The van der Waals surface area contributed by atoms with E-state index in [1.165, 1.54) is 5.56 Å². The molecule has 0 fully saturated rings. The molecule has 0 bridgehead atoms. The number of fused-ring (bicyclic) bond motifs is 1. The summed E-state index contributed by atoms with van der Waals surface area (Å²) in [6.45, 7) is 2.94. The van der Waals surface area contributed by atoms with E-state index in [4.69, 9.17) is 4.74 Å². The van der Waals surface area contributed by atoms with Gasteiger partial charge in [0.2, 0.25) is 5.91 Å². The van der Waals surface area contributed by atoms with Gasteiger partial charge in [0.05, 0.1) is 12.5 Å². The number of hydrogen-bond donors (Lipinski definition) is 2. The van der Waals surface area contributed by atoms with Crippen molar-refractivity contribution < 1.29 is 9.53 Å². The SMILES string of the molecule is O=C(NCCCNCc1cccnc1)C1CCOc2ccccc21. The lowest BCUT2D eigenvalue weighted by Gasteiger charge is -2.25. The van der Waals surface area contributed by atoms with E-state index in [1.807, 2.05) is 42.6 Å². The van der Waals surface area contributed by atoms with E-state index in [2.05, 4.69) is 15.6 Å². The Morgan fingerprint density at radius 2 is 2.12 bits per heavy atom. The molecule has 1 aliphatic rings. The van der Waals surface area contributed by atoms with Crippen LogP contribution in [0.15, 0.2) is 48.8 Å². The molecule has 1 aromatic heterocycles. The molecule has 0 spiro atoms. The van der Waals surface area contributed by atoms with Crippen molar-refractivity contribution in [2.75, 3.05) is 19.7 Å². The van der Waals surface area contributed by atoms with E-state index in [1.54, 1.807) is 6.20 Å². The molecule has 2 heterocycles. The molecule has 1 amide bonds. The highest BCUT2D eigenvalue weighted by atomic mass is 16.5. The Balaban J connectivity index is 1.37. The highest BCUT2D eigenvalue weighted by Gasteiger charge is 2.26. The zero-order chi connectivity index (χ0) is 16.6. The van der Waals surface area contributed by atoms with Crippen LogP contribution in [0.25, 0.3) is 0 Å². The average Bonchev–Trinajstić information content (AvgIpc) is 2.64. The summed E-state index contributed by atoms with van der Waals surface area (Å²) in [6, 6.07) is 11.8. The number of nitrogens with one attached hydrogen (secondary N) is 2. The first-order valence-electron chi connectivity index (χ1n) is 8.43. The van der Waals surface area contributed by atoms with Gasteiger partial charge in [-0.3, -0.25) is 9.78 Å². The Bertz CT molecular complexity index is 661. The lowest BCUT2D eigenvalue weighted by molar-refractivity contribution is -0.123. The van der Waals surface area contributed by atoms with Crippen LogP contribution in [0.5, 0.6) is 5.75 Å². The number of amides is 1. The van der Waals surface area contributed by atoms with Crippen molar-refractivity contribution in [3.8, 4) is 5.75 Å².